The van der Waals surface area contributed by atoms with Crippen LogP contribution in [0.2, 0.25) is 0 Å². The lowest BCUT2D eigenvalue weighted by atomic mass is 9.89. The molecule has 0 radical (unpaired) electrons. The monoisotopic (exact) mass is 326 g/mol. The first kappa shape index (κ1) is 17.2. The maximum Gasteiger partial charge on any atom is 0.219 e. The van der Waals surface area contributed by atoms with Gasteiger partial charge in [0.25, 0.3) is 0 Å². The van der Waals surface area contributed by atoms with Gasteiger partial charge in [-0.05, 0) is 63.3 Å². The zero-order chi connectivity index (χ0) is 17.3. The summed E-state index contributed by atoms with van der Waals surface area (Å²) in [6, 6.07) is 9.40. The van der Waals surface area contributed by atoms with Crippen LogP contribution in [0.5, 0.6) is 0 Å². The molecule has 2 aliphatic rings. The molecule has 0 saturated carbocycles. The topological polar surface area (TPSA) is 23.6 Å². The minimum absolute atomic E-state index is 0.174. The van der Waals surface area contributed by atoms with Gasteiger partial charge in [-0.1, -0.05) is 30.3 Å². The van der Waals surface area contributed by atoms with Gasteiger partial charge in [0, 0.05) is 31.6 Å². The Balaban J connectivity index is 1.91. The van der Waals surface area contributed by atoms with Crippen molar-refractivity contribution >= 4 is 11.5 Å². The van der Waals surface area contributed by atoms with E-state index in [1.807, 2.05) is 4.90 Å². The molecule has 1 aromatic rings. The van der Waals surface area contributed by atoms with Crippen LogP contribution in [-0.2, 0) is 4.79 Å². The SMILES string of the molecule is CC(=O)N1CC=C(c2ccccc2[C@H]2CCCN2C(C)(C)C)CC1. The van der Waals surface area contributed by atoms with Crippen molar-refractivity contribution in [2.24, 2.45) is 0 Å². The minimum Gasteiger partial charge on any atom is -0.339 e. The fourth-order valence-electron chi connectivity index (χ4n) is 4.17. The fourth-order valence-corrected chi connectivity index (χ4v) is 4.17. The normalized spacial score (nSPS) is 22.6. The van der Waals surface area contributed by atoms with E-state index in [2.05, 4.69) is 56.0 Å². The van der Waals surface area contributed by atoms with Gasteiger partial charge in [0.1, 0.15) is 0 Å². The Labute approximate surface area is 146 Å². The lowest BCUT2D eigenvalue weighted by Crippen LogP contribution is -2.40. The van der Waals surface area contributed by atoms with E-state index in [1.165, 1.54) is 36.1 Å². The van der Waals surface area contributed by atoms with Crippen LogP contribution < -0.4 is 0 Å². The zero-order valence-corrected chi connectivity index (χ0v) is 15.5. The van der Waals surface area contributed by atoms with Crippen LogP contribution in [0.4, 0.5) is 0 Å². The van der Waals surface area contributed by atoms with E-state index >= 15 is 0 Å². The van der Waals surface area contributed by atoms with Crippen molar-refractivity contribution in [3.63, 3.8) is 0 Å². The number of carbonyl (C=O) groups excluding carboxylic acids is 1. The lowest BCUT2D eigenvalue weighted by molar-refractivity contribution is -0.128. The molecular weight excluding hydrogens is 296 g/mol. The molecule has 130 valence electrons. The van der Waals surface area contributed by atoms with Crippen molar-refractivity contribution in [1.29, 1.82) is 0 Å². The standard InChI is InChI=1S/C21H30N2O/c1-16(24)22-14-11-17(12-15-22)18-8-5-6-9-19(18)20-10-7-13-23(20)21(2,3)4/h5-6,8-9,11,20H,7,10,12-15H2,1-4H3/t20-/m1/s1. The summed E-state index contributed by atoms with van der Waals surface area (Å²) in [5, 5.41) is 0. The Morgan fingerprint density at radius 1 is 1.17 bits per heavy atom. The molecule has 1 fully saturated rings. The van der Waals surface area contributed by atoms with E-state index in [9.17, 15) is 4.79 Å². The summed E-state index contributed by atoms with van der Waals surface area (Å²) < 4.78 is 0. The zero-order valence-electron chi connectivity index (χ0n) is 15.5. The molecule has 3 rings (SSSR count). The maximum absolute atomic E-state index is 11.6. The van der Waals surface area contributed by atoms with Crippen molar-refractivity contribution in [3.05, 3.63) is 41.5 Å². The van der Waals surface area contributed by atoms with E-state index in [1.54, 1.807) is 6.92 Å². The number of likely N-dealkylation sites (tertiary alicyclic amines) is 1. The third-order valence-electron chi connectivity index (χ3n) is 5.43. The van der Waals surface area contributed by atoms with Gasteiger partial charge in [-0.3, -0.25) is 9.69 Å². The second-order valence-corrected chi connectivity index (χ2v) is 8.05. The van der Waals surface area contributed by atoms with Crippen LogP contribution in [0, 0.1) is 0 Å². The molecule has 2 heterocycles. The van der Waals surface area contributed by atoms with Gasteiger partial charge in [-0.25, -0.2) is 0 Å². The van der Waals surface area contributed by atoms with Gasteiger partial charge in [-0.15, -0.1) is 0 Å². The number of carbonyl (C=O) groups is 1. The molecule has 3 nitrogen and oxygen atoms in total. The first-order valence-electron chi connectivity index (χ1n) is 9.18. The fraction of sp³-hybridized carbons (Fsp3) is 0.571. The molecule has 0 aromatic heterocycles. The highest BCUT2D eigenvalue weighted by molar-refractivity contribution is 5.76. The van der Waals surface area contributed by atoms with E-state index in [4.69, 9.17) is 0 Å². The van der Waals surface area contributed by atoms with Crippen LogP contribution in [-0.4, -0.2) is 40.9 Å². The molecule has 2 aliphatic heterocycles. The Kier molecular flexibility index (Phi) is 4.82. The Morgan fingerprint density at radius 2 is 1.92 bits per heavy atom. The van der Waals surface area contributed by atoms with Crippen LogP contribution in [0.3, 0.4) is 0 Å². The number of hydrogen-bond acceptors (Lipinski definition) is 2. The van der Waals surface area contributed by atoms with Crippen molar-refractivity contribution in [2.75, 3.05) is 19.6 Å². The number of hydrogen-bond donors (Lipinski definition) is 0. The Bertz CT molecular complexity index is 641. The van der Waals surface area contributed by atoms with Gasteiger partial charge in [0.15, 0.2) is 0 Å². The summed E-state index contributed by atoms with van der Waals surface area (Å²) in [5.41, 5.74) is 4.46. The van der Waals surface area contributed by atoms with E-state index in [0.717, 1.165) is 19.5 Å². The van der Waals surface area contributed by atoms with Crippen molar-refractivity contribution in [1.82, 2.24) is 9.80 Å². The summed E-state index contributed by atoms with van der Waals surface area (Å²) in [5.74, 6) is 0.174. The number of rotatable bonds is 2. The molecule has 1 saturated heterocycles. The molecule has 0 unspecified atom stereocenters. The van der Waals surface area contributed by atoms with Crippen LogP contribution >= 0.6 is 0 Å². The van der Waals surface area contributed by atoms with Gasteiger partial charge in [-0.2, -0.15) is 0 Å². The predicted molar refractivity (Wildman–Crippen MR) is 99.7 cm³/mol. The number of benzene rings is 1. The molecular formula is C21H30N2O. The first-order chi connectivity index (χ1) is 11.4. The minimum atomic E-state index is 0.174. The Morgan fingerprint density at radius 3 is 2.54 bits per heavy atom. The van der Waals surface area contributed by atoms with Crippen molar-refractivity contribution in [3.8, 4) is 0 Å². The highest BCUT2D eigenvalue weighted by atomic mass is 16.2. The van der Waals surface area contributed by atoms with Crippen LogP contribution in [0.25, 0.3) is 5.57 Å². The molecule has 3 heteroatoms. The van der Waals surface area contributed by atoms with Crippen molar-refractivity contribution < 1.29 is 4.79 Å². The summed E-state index contributed by atoms with van der Waals surface area (Å²) in [4.78, 5) is 16.1. The van der Waals surface area contributed by atoms with Gasteiger partial charge in [0.2, 0.25) is 5.91 Å². The van der Waals surface area contributed by atoms with Gasteiger partial charge in [0.05, 0.1) is 0 Å². The van der Waals surface area contributed by atoms with Crippen LogP contribution in [0.15, 0.2) is 30.3 Å². The highest BCUT2D eigenvalue weighted by Gasteiger charge is 2.35. The van der Waals surface area contributed by atoms with E-state index in [0.29, 0.717) is 6.04 Å². The lowest BCUT2D eigenvalue weighted by Gasteiger charge is -2.38. The molecule has 0 bridgehead atoms. The summed E-state index contributed by atoms with van der Waals surface area (Å²) in [6.45, 7) is 11.4. The van der Waals surface area contributed by atoms with E-state index < -0.39 is 0 Å². The molecule has 0 N–H and O–H groups in total. The molecule has 1 atom stereocenters. The largest absolute Gasteiger partial charge is 0.339 e. The average Bonchev–Trinajstić information content (AvgIpc) is 3.05. The van der Waals surface area contributed by atoms with Gasteiger partial charge < -0.3 is 4.90 Å². The molecule has 1 aromatic carbocycles. The molecule has 0 aliphatic carbocycles. The smallest absolute Gasteiger partial charge is 0.219 e. The van der Waals surface area contributed by atoms with Gasteiger partial charge >= 0.3 is 0 Å². The van der Waals surface area contributed by atoms with E-state index in [-0.39, 0.29) is 11.4 Å². The van der Waals surface area contributed by atoms with Crippen molar-refractivity contribution in [2.45, 2.75) is 58.5 Å². The first-order valence-corrected chi connectivity index (χ1v) is 9.18. The number of amides is 1. The third kappa shape index (κ3) is 3.41. The molecule has 0 spiro atoms. The second kappa shape index (κ2) is 6.72. The molecule has 24 heavy (non-hydrogen) atoms. The second-order valence-electron chi connectivity index (χ2n) is 8.05. The number of nitrogens with zero attached hydrogens (tertiary/aromatic N) is 2. The third-order valence-corrected chi connectivity index (χ3v) is 5.43. The van der Waals surface area contributed by atoms with Crippen LogP contribution in [0.1, 0.15) is 64.1 Å². The Hall–Kier alpha value is -1.61. The molecule has 1 amide bonds. The summed E-state index contributed by atoms with van der Waals surface area (Å²) in [7, 11) is 0. The highest BCUT2D eigenvalue weighted by Crippen LogP contribution is 2.40. The maximum atomic E-state index is 11.6. The average molecular weight is 326 g/mol. The summed E-state index contributed by atoms with van der Waals surface area (Å²) >= 11 is 0. The quantitative estimate of drug-likeness (QED) is 0.811. The predicted octanol–water partition coefficient (Wildman–Crippen LogP) is 4.26. The summed E-state index contributed by atoms with van der Waals surface area (Å²) in [6.07, 6.45) is 5.72.